The Bertz CT molecular complexity index is 29.5. The third-order valence-corrected chi connectivity index (χ3v) is 0. The van der Waals surface area contributed by atoms with E-state index in [2.05, 4.69) is 0 Å². The number of aliphatic hydroxyl groups excluding tert-OH is 1. The van der Waals surface area contributed by atoms with Gasteiger partial charge in [-0.1, -0.05) is 0 Å². The Hall–Kier alpha value is 0.394. The van der Waals surface area contributed by atoms with Crippen LogP contribution in [0.15, 0.2) is 0 Å². The van der Waals surface area contributed by atoms with Gasteiger partial charge in [-0.05, 0) is 0 Å². The van der Waals surface area contributed by atoms with E-state index in [0.717, 1.165) is 6.26 Å². The van der Waals surface area contributed by atoms with Crippen LogP contribution in [0.25, 0.3) is 0 Å². The fraction of sp³-hybridized carbons (Fsp3) is 0. The Kier molecular flexibility index (Phi) is 22.1. The van der Waals surface area contributed by atoms with E-state index < -0.39 is 0 Å². The van der Waals surface area contributed by atoms with Crippen LogP contribution in [0, 0.1) is 11.5 Å². The van der Waals surface area contributed by atoms with Crippen molar-refractivity contribution in [1.82, 2.24) is 0 Å². The van der Waals surface area contributed by atoms with Crippen LogP contribution < -0.4 is 0 Å². The largest absolute Gasteiger partial charge is 0.443 e. The zero-order valence-corrected chi connectivity index (χ0v) is 4.81. The van der Waals surface area contributed by atoms with Crippen molar-refractivity contribution in [3.8, 4) is 6.26 Å². The van der Waals surface area contributed by atoms with Crippen molar-refractivity contribution in [3.05, 3.63) is 0 Å². The molecule has 0 heterocycles. The first-order valence-electron chi connectivity index (χ1n) is 0.447. The molecule has 0 aliphatic carbocycles. The van der Waals surface area contributed by atoms with Gasteiger partial charge in [0.1, 0.15) is 0 Å². The van der Waals surface area contributed by atoms with E-state index in [1.165, 1.54) is 0 Å². The third kappa shape index (κ3) is 30.0. The summed E-state index contributed by atoms with van der Waals surface area (Å²) in [5.41, 5.74) is 0. The average Bonchev–Trinajstić information content (AvgIpc) is 0.918. The Morgan fingerprint density at radius 2 is 1.75 bits per heavy atom. The van der Waals surface area contributed by atoms with E-state index in [9.17, 15) is 0 Å². The summed E-state index contributed by atoms with van der Waals surface area (Å²) >= 11 is 0. The standard InChI is InChI=1S/CHNO.Y/c2-1-3;/h3H;. The van der Waals surface area contributed by atoms with Crippen LogP contribution in [0.2, 0.25) is 0 Å². The van der Waals surface area contributed by atoms with Crippen LogP contribution in [0.3, 0.4) is 0 Å². The quantitative estimate of drug-likeness (QED) is 0.465. The molecule has 1 N–H and O–H groups in total. The van der Waals surface area contributed by atoms with Gasteiger partial charge in [0.25, 0.3) is 6.26 Å². The van der Waals surface area contributed by atoms with Gasteiger partial charge in [-0.3, -0.25) is 0 Å². The Morgan fingerprint density at radius 1 is 1.75 bits per heavy atom. The first-order valence-corrected chi connectivity index (χ1v) is 0.447. The fourth-order valence-corrected chi connectivity index (χ4v) is 0. The minimum atomic E-state index is 0. The minimum absolute atomic E-state index is 0. The fourth-order valence-electron chi connectivity index (χ4n) is 0. The smallest absolute Gasteiger partial charge is 0.283 e. The molecule has 0 unspecified atom stereocenters. The van der Waals surface area contributed by atoms with Crippen LogP contribution in [-0.2, 0) is 32.7 Å². The summed E-state index contributed by atoms with van der Waals surface area (Å²) in [6, 6.07) is 0. The van der Waals surface area contributed by atoms with Crippen molar-refractivity contribution in [2.45, 2.75) is 0 Å². The van der Waals surface area contributed by atoms with E-state index in [-0.39, 0.29) is 32.7 Å². The number of hydrogen-bond acceptors (Lipinski definition) is 2. The van der Waals surface area contributed by atoms with Gasteiger partial charge in [-0.25, -0.2) is 0 Å². The van der Waals surface area contributed by atoms with E-state index in [1.807, 2.05) is 0 Å². The molecule has 0 aromatic carbocycles. The van der Waals surface area contributed by atoms with Gasteiger partial charge in [0.15, 0.2) is 0 Å². The average molecular weight is 132 g/mol. The van der Waals surface area contributed by atoms with E-state index >= 15 is 0 Å². The van der Waals surface area contributed by atoms with E-state index in [0.29, 0.717) is 0 Å². The topological polar surface area (TPSA) is 44.0 Å². The summed E-state index contributed by atoms with van der Waals surface area (Å²) in [5, 5.41) is 13.8. The molecule has 0 aromatic rings. The van der Waals surface area contributed by atoms with E-state index in [1.54, 1.807) is 0 Å². The SMILES string of the molecule is N#CO.[Y]. The first-order chi connectivity index (χ1) is 1.41. The molecule has 0 fully saturated rings. The molecule has 2 nitrogen and oxygen atoms in total. The van der Waals surface area contributed by atoms with Crippen molar-refractivity contribution in [2.75, 3.05) is 0 Å². The van der Waals surface area contributed by atoms with Crippen LogP contribution in [-0.4, -0.2) is 5.11 Å². The molecule has 3 heteroatoms. The maximum atomic E-state index is 6.88. The molecule has 0 aromatic heterocycles. The second-order valence-corrected chi connectivity index (χ2v) is 0.100. The molecule has 0 aliphatic rings. The van der Waals surface area contributed by atoms with Crippen molar-refractivity contribution >= 4 is 0 Å². The van der Waals surface area contributed by atoms with Gasteiger partial charge >= 0.3 is 0 Å². The Labute approximate surface area is 49.3 Å². The predicted molar refractivity (Wildman–Crippen MR) is 7.55 cm³/mol. The third-order valence-electron chi connectivity index (χ3n) is 0. The van der Waals surface area contributed by atoms with Crippen molar-refractivity contribution < 1.29 is 37.8 Å². The monoisotopic (exact) mass is 132 g/mol. The molecule has 0 amide bonds. The molecule has 0 aliphatic heterocycles. The number of rotatable bonds is 0. The predicted octanol–water partition coefficient (Wildman–Crippen LogP) is -0.163. The molecule has 4 heavy (non-hydrogen) atoms. The zero-order chi connectivity index (χ0) is 2.71. The normalized spacial score (nSPS) is 1.75. The molecule has 19 valence electrons. The molecule has 1 radical (unpaired) electrons. The molecular formula is CHNOY. The van der Waals surface area contributed by atoms with E-state index in [4.69, 9.17) is 10.4 Å². The number of nitriles is 1. The molecule has 0 atom stereocenters. The molecule has 0 saturated heterocycles. The van der Waals surface area contributed by atoms with Gasteiger partial charge in [0, 0.05) is 32.7 Å². The Balaban J connectivity index is 0. The van der Waals surface area contributed by atoms with Crippen molar-refractivity contribution in [1.29, 1.82) is 5.26 Å². The van der Waals surface area contributed by atoms with Crippen molar-refractivity contribution in [2.24, 2.45) is 0 Å². The molecule has 0 bridgehead atoms. The van der Waals surface area contributed by atoms with Crippen LogP contribution >= 0.6 is 0 Å². The molecule has 0 spiro atoms. The number of aliphatic hydroxyl groups is 1. The summed E-state index contributed by atoms with van der Waals surface area (Å²) in [5.74, 6) is 0. The molecule has 0 rings (SSSR count). The minimum Gasteiger partial charge on any atom is -0.443 e. The number of nitrogens with zero attached hydrogens (tertiary/aromatic N) is 1. The van der Waals surface area contributed by atoms with Gasteiger partial charge in [0.2, 0.25) is 0 Å². The summed E-state index contributed by atoms with van der Waals surface area (Å²) < 4.78 is 0. The summed E-state index contributed by atoms with van der Waals surface area (Å²) in [7, 11) is 0. The maximum Gasteiger partial charge on any atom is 0.283 e. The van der Waals surface area contributed by atoms with Gasteiger partial charge < -0.3 is 5.11 Å². The van der Waals surface area contributed by atoms with Crippen LogP contribution in [0.4, 0.5) is 0 Å². The zero-order valence-electron chi connectivity index (χ0n) is 1.97. The second-order valence-electron chi connectivity index (χ2n) is 0.100. The number of hydrogen-bond donors (Lipinski definition) is 1. The van der Waals surface area contributed by atoms with Gasteiger partial charge in [-0.15, -0.1) is 0 Å². The molecule has 0 saturated carbocycles. The molecular weight excluding hydrogens is 131 g/mol. The van der Waals surface area contributed by atoms with Crippen LogP contribution in [0.1, 0.15) is 0 Å². The van der Waals surface area contributed by atoms with Crippen molar-refractivity contribution in [3.63, 3.8) is 0 Å². The summed E-state index contributed by atoms with van der Waals surface area (Å²) in [6.45, 7) is 0. The Morgan fingerprint density at radius 3 is 1.75 bits per heavy atom. The maximum absolute atomic E-state index is 6.88. The van der Waals surface area contributed by atoms with Crippen LogP contribution in [0.5, 0.6) is 0 Å². The first kappa shape index (κ1) is 8.83. The summed E-state index contributed by atoms with van der Waals surface area (Å²) in [4.78, 5) is 0. The van der Waals surface area contributed by atoms with Gasteiger partial charge in [-0.2, -0.15) is 5.26 Å². The summed E-state index contributed by atoms with van der Waals surface area (Å²) in [6.07, 6.45) is 0.750. The van der Waals surface area contributed by atoms with Gasteiger partial charge in [0.05, 0.1) is 0 Å². The second kappa shape index (κ2) is 10.0.